The van der Waals surface area contributed by atoms with Gasteiger partial charge in [-0.15, -0.1) is 0 Å². The minimum absolute atomic E-state index is 0.120. The standard InChI is InChI=1S/C9H19NO4/c1-9(2,14-3)8(13)10(4-6-11)5-7-12/h11-12H,4-7H2,1-3H3. The largest absolute Gasteiger partial charge is 0.395 e. The molecule has 0 atom stereocenters. The molecule has 0 aliphatic heterocycles. The van der Waals surface area contributed by atoms with E-state index in [1.165, 1.54) is 12.0 Å². The number of hydrogen-bond acceptors (Lipinski definition) is 4. The lowest BCUT2D eigenvalue weighted by Crippen LogP contribution is -2.48. The summed E-state index contributed by atoms with van der Waals surface area (Å²) >= 11 is 0. The first-order chi connectivity index (χ1) is 6.49. The number of carbonyl (C=O) groups excluding carboxylic acids is 1. The Hall–Kier alpha value is -0.650. The van der Waals surface area contributed by atoms with Gasteiger partial charge in [-0.25, -0.2) is 0 Å². The number of methoxy groups -OCH3 is 1. The predicted octanol–water partition coefficient (Wildman–Crippen LogP) is -0.775. The molecule has 2 N–H and O–H groups in total. The highest BCUT2D eigenvalue weighted by molar-refractivity contribution is 5.84. The van der Waals surface area contributed by atoms with Crippen molar-refractivity contribution in [2.45, 2.75) is 19.4 Å². The van der Waals surface area contributed by atoms with Crippen LogP contribution in [0.1, 0.15) is 13.8 Å². The lowest BCUT2D eigenvalue weighted by Gasteiger charge is -2.30. The molecule has 0 heterocycles. The third-order valence-electron chi connectivity index (χ3n) is 2.05. The number of ether oxygens (including phenoxy) is 1. The van der Waals surface area contributed by atoms with Crippen molar-refractivity contribution >= 4 is 5.91 Å². The Morgan fingerprint density at radius 1 is 1.29 bits per heavy atom. The molecule has 0 radical (unpaired) electrons. The monoisotopic (exact) mass is 205 g/mol. The van der Waals surface area contributed by atoms with Crippen LogP contribution in [-0.4, -0.2) is 60.0 Å². The third-order valence-corrected chi connectivity index (χ3v) is 2.05. The number of hydrogen-bond donors (Lipinski definition) is 2. The fraction of sp³-hybridized carbons (Fsp3) is 0.889. The Bertz CT molecular complexity index is 176. The van der Waals surface area contributed by atoms with Crippen molar-refractivity contribution in [1.82, 2.24) is 4.90 Å². The molecule has 0 aliphatic rings. The average Bonchev–Trinajstić information content (AvgIpc) is 2.16. The molecule has 5 nitrogen and oxygen atoms in total. The number of nitrogens with zero attached hydrogens (tertiary/aromatic N) is 1. The van der Waals surface area contributed by atoms with Gasteiger partial charge < -0.3 is 19.8 Å². The molecule has 0 saturated heterocycles. The molecule has 0 unspecified atom stereocenters. The molecule has 0 aromatic carbocycles. The Labute approximate surface area is 84.3 Å². The summed E-state index contributed by atoms with van der Waals surface area (Å²) in [4.78, 5) is 13.1. The quantitative estimate of drug-likeness (QED) is 0.597. The van der Waals surface area contributed by atoms with Gasteiger partial charge in [0.05, 0.1) is 13.2 Å². The van der Waals surface area contributed by atoms with Crippen molar-refractivity contribution in [3.8, 4) is 0 Å². The lowest BCUT2D eigenvalue weighted by atomic mass is 10.1. The summed E-state index contributed by atoms with van der Waals surface area (Å²) in [6.07, 6.45) is 0. The van der Waals surface area contributed by atoms with E-state index in [2.05, 4.69) is 0 Å². The van der Waals surface area contributed by atoms with E-state index in [0.29, 0.717) is 0 Å². The second-order valence-electron chi connectivity index (χ2n) is 3.45. The first-order valence-electron chi connectivity index (χ1n) is 4.56. The van der Waals surface area contributed by atoms with Crippen LogP contribution in [0, 0.1) is 0 Å². The fourth-order valence-corrected chi connectivity index (χ4v) is 1.02. The van der Waals surface area contributed by atoms with E-state index in [0.717, 1.165) is 0 Å². The van der Waals surface area contributed by atoms with Crippen LogP contribution in [0.2, 0.25) is 0 Å². The number of aliphatic hydroxyl groups is 2. The maximum Gasteiger partial charge on any atom is 0.254 e. The van der Waals surface area contributed by atoms with Crippen LogP contribution in [0.3, 0.4) is 0 Å². The summed E-state index contributed by atoms with van der Waals surface area (Å²) < 4.78 is 5.02. The number of rotatable bonds is 6. The van der Waals surface area contributed by atoms with Gasteiger partial charge >= 0.3 is 0 Å². The van der Waals surface area contributed by atoms with Crippen LogP contribution < -0.4 is 0 Å². The Morgan fingerprint density at radius 2 is 1.71 bits per heavy atom. The highest BCUT2D eigenvalue weighted by Crippen LogP contribution is 2.11. The van der Waals surface area contributed by atoms with Crippen LogP contribution in [0.5, 0.6) is 0 Å². The zero-order chi connectivity index (χ0) is 11.2. The van der Waals surface area contributed by atoms with Crippen molar-refractivity contribution in [3.05, 3.63) is 0 Å². The molecule has 0 aliphatic carbocycles. The van der Waals surface area contributed by atoms with Gasteiger partial charge in [-0.1, -0.05) is 0 Å². The van der Waals surface area contributed by atoms with Crippen LogP contribution >= 0.6 is 0 Å². The molecule has 0 aromatic heterocycles. The minimum atomic E-state index is -0.912. The fourth-order valence-electron chi connectivity index (χ4n) is 1.02. The number of carbonyl (C=O) groups is 1. The summed E-state index contributed by atoms with van der Waals surface area (Å²) in [6, 6.07) is 0. The molecule has 0 spiro atoms. The topological polar surface area (TPSA) is 70.0 Å². The molecular weight excluding hydrogens is 186 g/mol. The van der Waals surface area contributed by atoms with Crippen LogP contribution in [0.15, 0.2) is 0 Å². The van der Waals surface area contributed by atoms with Crippen LogP contribution in [0.25, 0.3) is 0 Å². The summed E-state index contributed by atoms with van der Waals surface area (Å²) in [7, 11) is 1.45. The van der Waals surface area contributed by atoms with Gasteiger partial charge in [0.2, 0.25) is 0 Å². The lowest BCUT2D eigenvalue weighted by molar-refractivity contribution is -0.152. The van der Waals surface area contributed by atoms with E-state index < -0.39 is 5.60 Å². The average molecular weight is 205 g/mol. The van der Waals surface area contributed by atoms with Crippen molar-refractivity contribution in [1.29, 1.82) is 0 Å². The maximum absolute atomic E-state index is 11.8. The van der Waals surface area contributed by atoms with Gasteiger partial charge in [-0.05, 0) is 13.8 Å². The molecule has 0 saturated carbocycles. The maximum atomic E-state index is 11.8. The van der Waals surface area contributed by atoms with E-state index >= 15 is 0 Å². The van der Waals surface area contributed by atoms with Gasteiger partial charge in [-0.2, -0.15) is 0 Å². The second-order valence-corrected chi connectivity index (χ2v) is 3.45. The summed E-state index contributed by atoms with van der Waals surface area (Å²) in [5, 5.41) is 17.5. The first-order valence-corrected chi connectivity index (χ1v) is 4.56. The minimum Gasteiger partial charge on any atom is -0.395 e. The molecule has 0 fully saturated rings. The zero-order valence-corrected chi connectivity index (χ0v) is 8.99. The number of amides is 1. The van der Waals surface area contributed by atoms with Crippen LogP contribution in [-0.2, 0) is 9.53 Å². The normalized spacial score (nSPS) is 11.5. The van der Waals surface area contributed by atoms with E-state index in [1.54, 1.807) is 13.8 Å². The molecular formula is C9H19NO4. The van der Waals surface area contributed by atoms with Crippen LogP contribution in [0.4, 0.5) is 0 Å². The van der Waals surface area contributed by atoms with E-state index in [4.69, 9.17) is 14.9 Å². The SMILES string of the molecule is COC(C)(C)C(=O)N(CCO)CCO. The van der Waals surface area contributed by atoms with Crippen molar-refractivity contribution in [2.24, 2.45) is 0 Å². The third kappa shape index (κ3) is 3.61. The molecule has 14 heavy (non-hydrogen) atoms. The highest BCUT2D eigenvalue weighted by Gasteiger charge is 2.31. The predicted molar refractivity (Wildman–Crippen MR) is 51.8 cm³/mol. The Kier molecular flexibility index (Phi) is 5.68. The first kappa shape index (κ1) is 13.4. The smallest absolute Gasteiger partial charge is 0.254 e. The highest BCUT2D eigenvalue weighted by atomic mass is 16.5. The van der Waals surface area contributed by atoms with Crippen molar-refractivity contribution < 1.29 is 19.7 Å². The summed E-state index contributed by atoms with van der Waals surface area (Å²) in [6.45, 7) is 3.49. The molecule has 0 rings (SSSR count). The molecule has 1 amide bonds. The van der Waals surface area contributed by atoms with Gasteiger partial charge in [0.1, 0.15) is 5.60 Å². The van der Waals surface area contributed by atoms with E-state index in [9.17, 15) is 4.79 Å². The van der Waals surface area contributed by atoms with Crippen molar-refractivity contribution in [2.75, 3.05) is 33.4 Å². The van der Waals surface area contributed by atoms with Gasteiger partial charge in [0.15, 0.2) is 0 Å². The Balaban J connectivity index is 4.41. The van der Waals surface area contributed by atoms with E-state index in [1.807, 2.05) is 0 Å². The Morgan fingerprint density at radius 3 is 2.00 bits per heavy atom. The zero-order valence-electron chi connectivity index (χ0n) is 8.99. The van der Waals surface area contributed by atoms with Crippen molar-refractivity contribution in [3.63, 3.8) is 0 Å². The van der Waals surface area contributed by atoms with E-state index in [-0.39, 0.29) is 32.2 Å². The molecule has 84 valence electrons. The summed E-state index contributed by atoms with van der Waals surface area (Å²) in [5.41, 5.74) is -0.912. The molecule has 0 aromatic rings. The molecule has 5 heteroatoms. The molecule has 0 bridgehead atoms. The van der Waals surface area contributed by atoms with Gasteiger partial charge in [0.25, 0.3) is 5.91 Å². The van der Waals surface area contributed by atoms with Gasteiger partial charge in [0, 0.05) is 20.2 Å². The van der Waals surface area contributed by atoms with Gasteiger partial charge in [-0.3, -0.25) is 4.79 Å². The summed E-state index contributed by atoms with van der Waals surface area (Å²) in [5.74, 6) is -0.233. The number of aliphatic hydroxyl groups excluding tert-OH is 2. The second kappa shape index (κ2) is 5.95.